The average Bonchev–Trinajstić information content (AvgIpc) is 3.11. The molecule has 1 atom stereocenters. The Balaban J connectivity index is 1.35. The zero-order chi connectivity index (χ0) is 17.2. The Morgan fingerprint density at radius 1 is 1.20 bits per heavy atom. The molecule has 134 valence electrons. The second-order valence-electron chi connectivity index (χ2n) is 7.13. The zero-order valence-electron chi connectivity index (χ0n) is 14.8. The van der Waals surface area contributed by atoms with Gasteiger partial charge in [0.25, 0.3) is 0 Å². The number of aromatic nitrogens is 3. The van der Waals surface area contributed by atoms with Gasteiger partial charge in [-0.25, -0.2) is 9.97 Å². The van der Waals surface area contributed by atoms with Crippen LogP contribution in [0.25, 0.3) is 5.52 Å². The van der Waals surface area contributed by atoms with Gasteiger partial charge >= 0.3 is 0 Å². The van der Waals surface area contributed by atoms with Crippen LogP contribution in [0.2, 0.25) is 0 Å². The Morgan fingerprint density at radius 3 is 2.84 bits per heavy atom. The quantitative estimate of drug-likeness (QED) is 0.840. The lowest BCUT2D eigenvalue weighted by molar-refractivity contribution is -0.135. The summed E-state index contributed by atoms with van der Waals surface area (Å²) in [5.41, 5.74) is 1.04. The fourth-order valence-electron chi connectivity index (χ4n) is 3.95. The van der Waals surface area contributed by atoms with Gasteiger partial charge in [-0.1, -0.05) is 0 Å². The lowest BCUT2D eigenvalue weighted by Gasteiger charge is -2.38. The van der Waals surface area contributed by atoms with Crippen molar-refractivity contribution in [1.29, 1.82) is 0 Å². The van der Waals surface area contributed by atoms with Crippen molar-refractivity contribution in [3.05, 3.63) is 24.9 Å². The van der Waals surface area contributed by atoms with Crippen molar-refractivity contribution in [3.63, 3.8) is 0 Å². The van der Waals surface area contributed by atoms with E-state index in [1.54, 1.807) is 6.33 Å². The van der Waals surface area contributed by atoms with Gasteiger partial charge in [0.15, 0.2) is 5.82 Å². The molecule has 4 rings (SSSR count). The molecule has 0 N–H and O–H groups in total. The number of carbonyl (C=O) groups excluding carboxylic acids is 1. The summed E-state index contributed by atoms with van der Waals surface area (Å²) in [7, 11) is 0. The van der Waals surface area contributed by atoms with Gasteiger partial charge in [-0.3, -0.25) is 9.69 Å². The first-order chi connectivity index (χ1) is 12.2. The lowest BCUT2D eigenvalue weighted by Crippen LogP contribution is -2.52. The van der Waals surface area contributed by atoms with E-state index in [9.17, 15) is 4.79 Å². The highest BCUT2D eigenvalue weighted by atomic mass is 16.2. The number of rotatable bonds is 3. The Kier molecular flexibility index (Phi) is 4.57. The van der Waals surface area contributed by atoms with Crippen LogP contribution in [0.3, 0.4) is 0 Å². The fourth-order valence-corrected chi connectivity index (χ4v) is 3.95. The summed E-state index contributed by atoms with van der Waals surface area (Å²) in [6.07, 6.45) is 10.9. The summed E-state index contributed by atoms with van der Waals surface area (Å²) in [6.45, 7) is 7.21. The average molecular weight is 342 g/mol. The third-order valence-electron chi connectivity index (χ3n) is 5.47. The number of likely N-dealkylation sites (tertiary alicyclic amines) is 1. The smallest absolute Gasteiger partial charge is 0.236 e. The molecule has 2 aromatic heterocycles. The van der Waals surface area contributed by atoms with Gasteiger partial charge in [0.05, 0.1) is 19.1 Å². The molecule has 25 heavy (non-hydrogen) atoms. The van der Waals surface area contributed by atoms with E-state index in [0.29, 0.717) is 12.6 Å². The SMILES string of the molecule is CC1CCCCN1C(=O)CN1CCN(c2nccn3cncc23)CC1. The Morgan fingerprint density at radius 2 is 2.04 bits per heavy atom. The molecule has 0 aromatic carbocycles. The van der Waals surface area contributed by atoms with E-state index in [1.165, 1.54) is 6.42 Å². The molecule has 7 heteroatoms. The number of carbonyl (C=O) groups is 1. The summed E-state index contributed by atoms with van der Waals surface area (Å²) < 4.78 is 2.00. The second kappa shape index (κ2) is 7.00. The molecule has 1 unspecified atom stereocenters. The van der Waals surface area contributed by atoms with E-state index in [1.807, 2.05) is 23.0 Å². The van der Waals surface area contributed by atoms with Gasteiger partial charge in [0, 0.05) is 51.2 Å². The summed E-state index contributed by atoms with van der Waals surface area (Å²) in [5.74, 6) is 1.27. The van der Waals surface area contributed by atoms with E-state index in [2.05, 4.69) is 31.6 Å². The topological polar surface area (TPSA) is 57.0 Å². The van der Waals surface area contributed by atoms with Crippen molar-refractivity contribution >= 4 is 17.2 Å². The number of anilines is 1. The normalized spacial score (nSPS) is 22.5. The van der Waals surface area contributed by atoms with Gasteiger partial charge in [-0.2, -0.15) is 0 Å². The maximum absolute atomic E-state index is 12.6. The highest BCUT2D eigenvalue weighted by molar-refractivity contribution is 5.78. The Labute approximate surface area is 148 Å². The van der Waals surface area contributed by atoms with Crippen LogP contribution in [0.5, 0.6) is 0 Å². The Bertz CT molecular complexity index is 736. The predicted octanol–water partition coefficient (Wildman–Crippen LogP) is 1.25. The van der Waals surface area contributed by atoms with E-state index in [0.717, 1.165) is 56.9 Å². The van der Waals surface area contributed by atoms with Crippen LogP contribution in [0.15, 0.2) is 24.9 Å². The van der Waals surface area contributed by atoms with Crippen LogP contribution in [-0.4, -0.2) is 75.4 Å². The van der Waals surface area contributed by atoms with Crippen molar-refractivity contribution < 1.29 is 4.79 Å². The third-order valence-corrected chi connectivity index (χ3v) is 5.47. The second-order valence-corrected chi connectivity index (χ2v) is 7.13. The van der Waals surface area contributed by atoms with Gasteiger partial charge in [-0.15, -0.1) is 0 Å². The molecule has 0 bridgehead atoms. The van der Waals surface area contributed by atoms with Crippen molar-refractivity contribution in [3.8, 4) is 0 Å². The molecule has 2 aliphatic heterocycles. The van der Waals surface area contributed by atoms with Gasteiger partial charge in [0.2, 0.25) is 5.91 Å². The molecule has 2 aliphatic rings. The standard InChI is InChI=1S/C18H26N6O/c1-15-4-2-3-6-24(15)17(25)13-21-8-10-22(11-9-21)18-16-12-19-14-23(16)7-5-20-18/h5,7,12,14-15H,2-4,6,8-11,13H2,1H3. The van der Waals surface area contributed by atoms with Crippen molar-refractivity contribution in [2.24, 2.45) is 0 Å². The molecule has 2 fully saturated rings. The minimum Gasteiger partial charge on any atom is -0.352 e. The van der Waals surface area contributed by atoms with E-state index < -0.39 is 0 Å². The predicted molar refractivity (Wildman–Crippen MR) is 96.7 cm³/mol. The highest BCUT2D eigenvalue weighted by Gasteiger charge is 2.26. The number of imidazole rings is 1. The number of nitrogens with zero attached hydrogens (tertiary/aromatic N) is 6. The first-order valence-corrected chi connectivity index (χ1v) is 9.26. The fraction of sp³-hybridized carbons (Fsp3) is 0.611. The summed E-state index contributed by atoms with van der Waals surface area (Å²) in [4.78, 5) is 28.0. The van der Waals surface area contributed by atoms with Crippen LogP contribution in [0.4, 0.5) is 5.82 Å². The maximum atomic E-state index is 12.6. The largest absolute Gasteiger partial charge is 0.352 e. The number of hydrogen-bond acceptors (Lipinski definition) is 5. The van der Waals surface area contributed by atoms with E-state index >= 15 is 0 Å². The van der Waals surface area contributed by atoms with Crippen LogP contribution in [0, 0.1) is 0 Å². The lowest BCUT2D eigenvalue weighted by atomic mass is 10.0. The monoisotopic (exact) mass is 342 g/mol. The highest BCUT2D eigenvalue weighted by Crippen LogP contribution is 2.20. The van der Waals surface area contributed by atoms with E-state index in [-0.39, 0.29) is 5.91 Å². The van der Waals surface area contributed by atoms with Crippen molar-refractivity contribution in [2.45, 2.75) is 32.2 Å². The van der Waals surface area contributed by atoms with Gasteiger partial charge in [0.1, 0.15) is 5.52 Å². The molecule has 7 nitrogen and oxygen atoms in total. The van der Waals surface area contributed by atoms with Crippen molar-refractivity contribution in [2.75, 3.05) is 44.2 Å². The van der Waals surface area contributed by atoms with Crippen LogP contribution in [0.1, 0.15) is 26.2 Å². The molecule has 1 amide bonds. The van der Waals surface area contributed by atoms with Crippen LogP contribution < -0.4 is 4.90 Å². The van der Waals surface area contributed by atoms with Gasteiger partial charge < -0.3 is 14.2 Å². The molecule has 0 aliphatic carbocycles. The van der Waals surface area contributed by atoms with E-state index in [4.69, 9.17) is 0 Å². The Hall–Kier alpha value is -2.15. The molecular weight excluding hydrogens is 316 g/mol. The van der Waals surface area contributed by atoms with Crippen LogP contribution in [-0.2, 0) is 4.79 Å². The first-order valence-electron chi connectivity index (χ1n) is 9.26. The minimum atomic E-state index is 0.289. The summed E-state index contributed by atoms with van der Waals surface area (Å²) in [5, 5.41) is 0. The molecule has 0 saturated carbocycles. The summed E-state index contributed by atoms with van der Waals surface area (Å²) in [6, 6.07) is 0.395. The number of fused-ring (bicyclic) bond motifs is 1. The molecular formula is C18H26N6O. The zero-order valence-corrected chi connectivity index (χ0v) is 14.8. The maximum Gasteiger partial charge on any atom is 0.236 e. The van der Waals surface area contributed by atoms with Crippen molar-refractivity contribution in [1.82, 2.24) is 24.2 Å². The molecule has 2 saturated heterocycles. The molecule has 2 aromatic rings. The summed E-state index contributed by atoms with van der Waals surface area (Å²) >= 11 is 0. The number of piperazine rings is 1. The minimum absolute atomic E-state index is 0.289. The number of piperidine rings is 1. The number of amides is 1. The molecule has 0 radical (unpaired) electrons. The first kappa shape index (κ1) is 16.3. The molecule has 0 spiro atoms. The number of hydrogen-bond donors (Lipinski definition) is 0. The third kappa shape index (κ3) is 3.33. The molecule has 4 heterocycles. The van der Waals surface area contributed by atoms with Crippen LogP contribution >= 0.6 is 0 Å². The van der Waals surface area contributed by atoms with Gasteiger partial charge in [-0.05, 0) is 26.2 Å².